The second-order valence-electron chi connectivity index (χ2n) is 22.1. The third-order valence-electron chi connectivity index (χ3n) is 16.9. The van der Waals surface area contributed by atoms with Crippen molar-refractivity contribution in [1.29, 1.82) is 0 Å². The molecule has 2 aromatic carbocycles. The number of thiazole rings is 1. The van der Waals surface area contributed by atoms with Gasteiger partial charge in [0.25, 0.3) is 0 Å². The quantitative estimate of drug-likeness (QED) is 0.0567. The van der Waals surface area contributed by atoms with Crippen LogP contribution in [0.2, 0.25) is 0 Å². The number of nitrogens with zero attached hydrogens (tertiary/aromatic N) is 9. The number of hydrogen-bond acceptors (Lipinski definition) is 15. The zero-order valence-electron chi connectivity index (χ0n) is 46.7. The highest BCUT2D eigenvalue weighted by atomic mass is 32.1. The number of amides is 4. The van der Waals surface area contributed by atoms with E-state index in [0.717, 1.165) is 78.6 Å². The van der Waals surface area contributed by atoms with Gasteiger partial charge < -0.3 is 39.9 Å². The minimum atomic E-state index is -4.47. The largest absolute Gasteiger partial charge is 0.475 e. The van der Waals surface area contributed by atoms with Gasteiger partial charge in [-0.25, -0.2) is 19.2 Å². The van der Waals surface area contributed by atoms with Crippen LogP contribution in [0.5, 0.6) is 5.88 Å². The van der Waals surface area contributed by atoms with E-state index in [1.54, 1.807) is 28.7 Å². The predicted molar refractivity (Wildman–Crippen MR) is 302 cm³/mol. The van der Waals surface area contributed by atoms with Gasteiger partial charge in [-0.15, -0.1) is 11.3 Å². The molecular weight excluding hydrogens is 1100 g/mol. The molecule has 0 bridgehead atoms. The molecule has 3 aromatic heterocycles. The summed E-state index contributed by atoms with van der Waals surface area (Å²) >= 11 is 1.26. The van der Waals surface area contributed by atoms with Crippen molar-refractivity contribution in [1.82, 2.24) is 44.8 Å². The first-order chi connectivity index (χ1) is 39.9. The van der Waals surface area contributed by atoms with Crippen LogP contribution in [-0.4, -0.2) is 185 Å². The van der Waals surface area contributed by atoms with Crippen molar-refractivity contribution in [2.24, 2.45) is 11.8 Å². The second-order valence-corrected chi connectivity index (χ2v) is 23.0. The number of ketones is 1. The van der Waals surface area contributed by atoms with E-state index in [0.29, 0.717) is 113 Å². The van der Waals surface area contributed by atoms with Crippen LogP contribution in [0.4, 0.5) is 39.4 Å². The predicted octanol–water partition coefficient (Wildman–Crippen LogP) is 7.74. The fourth-order valence-electron chi connectivity index (χ4n) is 11.7. The summed E-state index contributed by atoms with van der Waals surface area (Å²) in [6, 6.07) is 11.9. The first-order valence-electron chi connectivity index (χ1n) is 28.3. The molecule has 24 heteroatoms. The molecule has 3 atom stereocenters. The smallest absolute Gasteiger partial charge is 0.416 e. The number of aromatic nitrogens is 3. The van der Waals surface area contributed by atoms with Gasteiger partial charge in [0.05, 0.1) is 36.7 Å². The Labute approximate surface area is 482 Å². The van der Waals surface area contributed by atoms with Crippen LogP contribution in [0.1, 0.15) is 83.8 Å². The molecule has 5 aliphatic rings. The van der Waals surface area contributed by atoms with Crippen LogP contribution in [0.15, 0.2) is 78.4 Å². The minimum Gasteiger partial charge on any atom is -0.475 e. The summed E-state index contributed by atoms with van der Waals surface area (Å²) in [7, 11) is 1.30. The van der Waals surface area contributed by atoms with Crippen molar-refractivity contribution >= 4 is 58.0 Å². The van der Waals surface area contributed by atoms with Gasteiger partial charge in [-0.2, -0.15) is 13.2 Å². The van der Waals surface area contributed by atoms with E-state index in [-0.39, 0.29) is 40.7 Å². The number of piperazine rings is 1. The van der Waals surface area contributed by atoms with Crippen LogP contribution in [0, 0.1) is 24.6 Å². The summed E-state index contributed by atoms with van der Waals surface area (Å²) in [5, 5.41) is 17.8. The Morgan fingerprint density at radius 2 is 1.63 bits per heavy atom. The fraction of sp³-hybridized carbons (Fsp3) is 0.492. The number of morpholine rings is 1. The molecule has 0 radical (unpaired) electrons. The van der Waals surface area contributed by atoms with E-state index in [9.17, 15) is 46.6 Å². The minimum absolute atomic E-state index is 0.0953. The number of likely N-dealkylation sites (N-methyl/N-ethyl adjacent to an activating group) is 1. The van der Waals surface area contributed by atoms with Crippen molar-refractivity contribution in [2.45, 2.75) is 82.7 Å². The lowest BCUT2D eigenvalue weighted by molar-refractivity contribution is -0.144. The normalized spacial score (nSPS) is 20.8. The number of alkyl halides is 3. The third-order valence-corrected chi connectivity index (χ3v) is 17.9. The molecule has 1 aliphatic carbocycles. The fourth-order valence-corrected chi connectivity index (χ4v) is 12.7. The molecule has 4 amide bonds. The number of halogens is 4. The third kappa shape index (κ3) is 13.7. The average Bonchev–Trinajstić information content (AvgIpc) is 4.23. The van der Waals surface area contributed by atoms with Gasteiger partial charge in [0, 0.05) is 124 Å². The standard InChI is InChI=1S/C59H69F4N11O8S/c1-36-47(32-45(34-64-36)66-44-7-4-6-42(31-44)59(61,62)63)41-30-50(72-23-25-81-26-24-72)54(65-33-41)82-27-22-70-18-20-71(21-19-70)46-28-40(29-46)56(77)73-16-13-38(14-17-73)51(68-53(76)37(2)69(3)58(79)80)57(78)74-15-5-8-49(74)55-67-48(35-83-55)52(75)39-9-11-43(60)12-10-39/h4,6-7,9-12,30-35,37-38,40,46,49,51,66H,5,8,13-29H2,1-3H3,(H,68,76)(H,79,80)/t37-,40?,46?,49-,51-/m0/s1. The molecule has 83 heavy (non-hydrogen) atoms. The molecule has 7 heterocycles. The summed E-state index contributed by atoms with van der Waals surface area (Å²) in [6.45, 7) is 11.5. The van der Waals surface area contributed by atoms with Crippen molar-refractivity contribution in [2.75, 3.05) is 103 Å². The number of piperidine rings is 1. The van der Waals surface area contributed by atoms with Crippen molar-refractivity contribution in [3.05, 3.63) is 112 Å². The van der Waals surface area contributed by atoms with Crippen LogP contribution in [0.3, 0.4) is 0 Å². The Balaban J connectivity index is 0.704. The molecule has 0 unspecified atom stereocenters. The maximum atomic E-state index is 14.7. The van der Waals surface area contributed by atoms with Gasteiger partial charge in [0.2, 0.25) is 29.4 Å². The summed E-state index contributed by atoms with van der Waals surface area (Å²) in [5.41, 5.74) is 3.67. The number of carboxylic acid groups (broad SMARTS) is 1. The number of ether oxygens (including phenoxy) is 2. The molecule has 19 nitrogen and oxygen atoms in total. The number of pyridine rings is 2. The number of hydrogen-bond donors (Lipinski definition) is 3. The number of carbonyl (C=O) groups excluding carboxylic acids is 4. The second kappa shape index (κ2) is 25.7. The molecule has 0 spiro atoms. The Hall–Kier alpha value is -7.28. The van der Waals surface area contributed by atoms with E-state index in [4.69, 9.17) is 14.5 Å². The molecule has 5 aromatic rings. The van der Waals surface area contributed by atoms with E-state index in [1.165, 1.54) is 55.6 Å². The lowest BCUT2D eigenvalue weighted by Crippen LogP contribution is -2.59. The van der Waals surface area contributed by atoms with Gasteiger partial charge in [-0.3, -0.25) is 38.9 Å². The molecule has 3 N–H and O–H groups in total. The van der Waals surface area contributed by atoms with Gasteiger partial charge in [0.15, 0.2) is 0 Å². The highest BCUT2D eigenvalue weighted by Crippen LogP contribution is 2.40. The maximum absolute atomic E-state index is 14.7. The first-order valence-corrected chi connectivity index (χ1v) is 29.2. The molecule has 1 saturated carbocycles. The lowest BCUT2D eigenvalue weighted by Gasteiger charge is -2.47. The molecule has 4 saturated heterocycles. The summed E-state index contributed by atoms with van der Waals surface area (Å²) in [6.07, 6.45) is 1.26. The van der Waals surface area contributed by atoms with Crippen LogP contribution in [-0.2, 0) is 25.3 Å². The molecular formula is C59H69F4N11O8S. The van der Waals surface area contributed by atoms with E-state index < -0.39 is 47.7 Å². The number of aryl methyl sites for hydroxylation is 1. The van der Waals surface area contributed by atoms with Gasteiger partial charge in [0.1, 0.15) is 40.9 Å². The van der Waals surface area contributed by atoms with Crippen molar-refractivity contribution in [3.63, 3.8) is 0 Å². The highest BCUT2D eigenvalue weighted by molar-refractivity contribution is 7.10. The number of likely N-dealkylation sites (tertiary alicyclic amines) is 2. The van der Waals surface area contributed by atoms with E-state index >= 15 is 0 Å². The van der Waals surface area contributed by atoms with E-state index in [1.807, 2.05) is 24.0 Å². The average molecular weight is 1170 g/mol. The number of benzene rings is 2. The summed E-state index contributed by atoms with van der Waals surface area (Å²) < 4.78 is 66.0. The number of nitrogens with one attached hydrogen (secondary N) is 2. The summed E-state index contributed by atoms with van der Waals surface area (Å²) in [4.78, 5) is 92.9. The Bertz CT molecular complexity index is 3140. The topological polar surface area (TPSA) is 206 Å². The lowest BCUT2D eigenvalue weighted by atomic mass is 9.77. The van der Waals surface area contributed by atoms with E-state index in [2.05, 4.69) is 35.3 Å². The van der Waals surface area contributed by atoms with Crippen molar-refractivity contribution < 1.29 is 56.1 Å². The monoisotopic (exact) mass is 1170 g/mol. The Morgan fingerprint density at radius 3 is 2.34 bits per heavy atom. The van der Waals surface area contributed by atoms with Crippen LogP contribution < -0.4 is 20.3 Å². The Kier molecular flexibility index (Phi) is 18.2. The van der Waals surface area contributed by atoms with Gasteiger partial charge in [-0.1, -0.05) is 6.07 Å². The SMILES string of the molecule is Cc1ncc(Nc2cccc(C(F)(F)F)c2)cc1-c1cnc(OCCN2CCN(C3CC(C(=O)N4CCC([C@H](NC(=O)[C@H](C)N(C)C(=O)O)C(=O)N5CCC[C@H]5c5nc(C(=O)c6ccc(F)cc6)cs5)CC4)C3)CC2)c(N2CCOCC2)c1. The Morgan fingerprint density at radius 1 is 0.892 bits per heavy atom. The van der Waals surface area contributed by atoms with Gasteiger partial charge in [-0.05, 0) is 113 Å². The number of carbonyl (C=O) groups is 5. The maximum Gasteiger partial charge on any atom is 0.416 e. The summed E-state index contributed by atoms with van der Waals surface area (Å²) in [5.74, 6) is -1.61. The molecule has 10 rings (SSSR count). The number of rotatable bonds is 18. The van der Waals surface area contributed by atoms with Crippen LogP contribution in [0.25, 0.3) is 11.1 Å². The molecule has 5 fully saturated rings. The van der Waals surface area contributed by atoms with Crippen LogP contribution >= 0.6 is 11.3 Å². The first kappa shape index (κ1) is 58.9. The van der Waals surface area contributed by atoms with Crippen molar-refractivity contribution in [3.8, 4) is 17.0 Å². The zero-order valence-corrected chi connectivity index (χ0v) is 47.5. The zero-order chi connectivity index (χ0) is 58.5. The molecule has 4 aliphatic heterocycles. The highest BCUT2D eigenvalue weighted by Gasteiger charge is 2.45. The number of anilines is 3. The molecule has 442 valence electrons. The van der Waals surface area contributed by atoms with Gasteiger partial charge >= 0.3 is 12.3 Å².